The minimum absolute atomic E-state index is 0.0406. The fourth-order valence-electron chi connectivity index (χ4n) is 3.64. The number of para-hydroxylation sites is 1. The minimum atomic E-state index is -0.158. The first-order chi connectivity index (χ1) is 12.2. The van der Waals surface area contributed by atoms with E-state index in [0.29, 0.717) is 19.5 Å². The molecule has 1 saturated carbocycles. The van der Waals surface area contributed by atoms with Gasteiger partial charge in [-0.15, -0.1) is 0 Å². The molecule has 2 unspecified atom stereocenters. The predicted octanol–water partition coefficient (Wildman–Crippen LogP) is 3.68. The molecule has 1 N–H and O–H groups in total. The van der Waals surface area contributed by atoms with Crippen LogP contribution in [-0.4, -0.2) is 24.9 Å². The van der Waals surface area contributed by atoms with Gasteiger partial charge in [-0.2, -0.15) is 0 Å². The van der Waals surface area contributed by atoms with Gasteiger partial charge in [-0.05, 0) is 57.6 Å². The van der Waals surface area contributed by atoms with Crippen LogP contribution in [-0.2, 0) is 9.59 Å². The molecule has 1 fully saturated rings. The molecule has 0 aromatic heterocycles. The van der Waals surface area contributed by atoms with Crippen LogP contribution in [0.15, 0.2) is 42.0 Å². The number of allylic oxidation sites excluding steroid dienone is 1. The van der Waals surface area contributed by atoms with Crippen molar-refractivity contribution in [2.45, 2.75) is 45.4 Å². The number of nitrogens with zero attached hydrogens (tertiary/aromatic N) is 1. The number of hydrogen-bond acceptors (Lipinski definition) is 2. The lowest BCUT2D eigenvalue weighted by atomic mass is 9.97. The second kappa shape index (κ2) is 8.32. The Labute approximate surface area is 150 Å². The van der Waals surface area contributed by atoms with Gasteiger partial charge in [0, 0.05) is 18.8 Å². The van der Waals surface area contributed by atoms with Crippen LogP contribution in [0.25, 0.3) is 0 Å². The Bertz CT molecular complexity index is 639. The van der Waals surface area contributed by atoms with E-state index in [1.807, 2.05) is 37.3 Å². The molecule has 4 nitrogen and oxygen atoms in total. The molecule has 0 spiro atoms. The number of benzene rings is 1. The molecule has 4 heteroatoms. The van der Waals surface area contributed by atoms with Gasteiger partial charge in [0.25, 0.3) is 0 Å². The molecule has 2 atom stereocenters. The van der Waals surface area contributed by atoms with Crippen LogP contribution < -0.4 is 10.2 Å². The average molecular weight is 340 g/mol. The predicted molar refractivity (Wildman–Crippen MR) is 100 cm³/mol. The molecule has 25 heavy (non-hydrogen) atoms. The molecule has 3 rings (SSSR count). The first-order valence-electron chi connectivity index (χ1n) is 9.52. The van der Waals surface area contributed by atoms with Crippen molar-refractivity contribution < 1.29 is 9.59 Å². The third-order valence-electron chi connectivity index (χ3n) is 5.22. The molecule has 0 aliphatic heterocycles. The summed E-state index contributed by atoms with van der Waals surface area (Å²) in [6.07, 6.45) is 8.84. The topological polar surface area (TPSA) is 49.4 Å². The highest BCUT2D eigenvalue weighted by Gasteiger charge is 2.49. The number of rotatable bonds is 7. The number of carbonyl (C=O) groups excluding carboxylic acids is 2. The Morgan fingerprint density at radius 2 is 1.96 bits per heavy atom. The van der Waals surface area contributed by atoms with Crippen LogP contribution in [0.3, 0.4) is 0 Å². The summed E-state index contributed by atoms with van der Waals surface area (Å²) in [6, 6.07) is 9.69. The van der Waals surface area contributed by atoms with Gasteiger partial charge in [0.1, 0.15) is 0 Å². The third kappa shape index (κ3) is 4.50. The largest absolute Gasteiger partial charge is 0.356 e. The molecule has 0 bridgehead atoms. The zero-order valence-electron chi connectivity index (χ0n) is 15.0. The number of nitrogens with one attached hydrogen (secondary N) is 1. The zero-order valence-corrected chi connectivity index (χ0v) is 15.0. The monoisotopic (exact) mass is 340 g/mol. The number of hydrogen-bond donors (Lipinski definition) is 1. The maximum atomic E-state index is 12.7. The second-order valence-corrected chi connectivity index (χ2v) is 7.02. The Morgan fingerprint density at radius 1 is 1.16 bits per heavy atom. The Balaban J connectivity index is 1.47. The first kappa shape index (κ1) is 17.7. The lowest BCUT2D eigenvalue weighted by Gasteiger charge is -2.21. The summed E-state index contributed by atoms with van der Waals surface area (Å²) in [5.41, 5.74) is 2.38. The summed E-state index contributed by atoms with van der Waals surface area (Å²) < 4.78 is 0. The van der Waals surface area contributed by atoms with Gasteiger partial charge in [0.2, 0.25) is 11.8 Å². The standard InChI is InChI=1S/C21H28N2O2/c1-2-23(17-11-7-4-8-12-17)21(25)19-15-18(19)20(24)22-14-13-16-9-5-3-6-10-16/h4,7-9,11-12,18-19H,2-3,5-6,10,13-15H2,1H3,(H,22,24). The van der Waals surface area contributed by atoms with Crippen LogP contribution in [0, 0.1) is 11.8 Å². The average Bonchev–Trinajstić information content (AvgIpc) is 3.45. The molecule has 2 aliphatic carbocycles. The van der Waals surface area contributed by atoms with Gasteiger partial charge >= 0.3 is 0 Å². The molecule has 0 radical (unpaired) electrons. The quantitative estimate of drug-likeness (QED) is 0.770. The Morgan fingerprint density at radius 3 is 2.64 bits per heavy atom. The molecule has 1 aromatic carbocycles. The van der Waals surface area contributed by atoms with Gasteiger partial charge in [0.15, 0.2) is 0 Å². The molecule has 2 aliphatic rings. The van der Waals surface area contributed by atoms with E-state index in [1.54, 1.807) is 4.90 Å². The molecule has 0 saturated heterocycles. The van der Waals surface area contributed by atoms with E-state index in [-0.39, 0.29) is 23.7 Å². The van der Waals surface area contributed by atoms with Crippen molar-refractivity contribution >= 4 is 17.5 Å². The molecule has 0 heterocycles. The summed E-state index contributed by atoms with van der Waals surface area (Å²) in [5.74, 6) is -0.192. The summed E-state index contributed by atoms with van der Waals surface area (Å²) >= 11 is 0. The van der Waals surface area contributed by atoms with Gasteiger partial charge in [-0.3, -0.25) is 9.59 Å². The molecule has 1 aromatic rings. The van der Waals surface area contributed by atoms with E-state index in [4.69, 9.17) is 0 Å². The van der Waals surface area contributed by atoms with Gasteiger partial charge in [0.05, 0.1) is 11.8 Å². The van der Waals surface area contributed by atoms with Crippen molar-refractivity contribution in [3.05, 3.63) is 42.0 Å². The third-order valence-corrected chi connectivity index (χ3v) is 5.22. The van der Waals surface area contributed by atoms with E-state index in [2.05, 4.69) is 11.4 Å². The zero-order chi connectivity index (χ0) is 17.6. The SMILES string of the molecule is CCN(C(=O)C1CC1C(=O)NCCC1=CCCCC1)c1ccccc1. The van der Waals surface area contributed by atoms with Crippen LogP contribution in [0.1, 0.15) is 45.4 Å². The van der Waals surface area contributed by atoms with E-state index >= 15 is 0 Å². The fourth-order valence-corrected chi connectivity index (χ4v) is 3.64. The molecular formula is C21H28N2O2. The highest BCUT2D eigenvalue weighted by Crippen LogP contribution is 2.41. The maximum Gasteiger partial charge on any atom is 0.230 e. The maximum absolute atomic E-state index is 12.7. The first-order valence-corrected chi connectivity index (χ1v) is 9.52. The van der Waals surface area contributed by atoms with E-state index < -0.39 is 0 Å². The summed E-state index contributed by atoms with van der Waals surface area (Å²) in [6.45, 7) is 3.29. The van der Waals surface area contributed by atoms with Gasteiger partial charge < -0.3 is 10.2 Å². The highest BCUT2D eigenvalue weighted by molar-refractivity contribution is 6.01. The smallest absolute Gasteiger partial charge is 0.230 e. The Kier molecular flexibility index (Phi) is 5.90. The number of carbonyl (C=O) groups is 2. The fraction of sp³-hybridized carbons (Fsp3) is 0.524. The van der Waals surface area contributed by atoms with Gasteiger partial charge in [-0.1, -0.05) is 29.8 Å². The Hall–Kier alpha value is -2.10. The number of anilines is 1. The van der Waals surface area contributed by atoms with Crippen molar-refractivity contribution in [3.8, 4) is 0 Å². The van der Waals surface area contributed by atoms with E-state index in [1.165, 1.54) is 31.3 Å². The van der Waals surface area contributed by atoms with Crippen LogP contribution in [0.4, 0.5) is 5.69 Å². The van der Waals surface area contributed by atoms with Crippen LogP contribution in [0.2, 0.25) is 0 Å². The number of amides is 2. The van der Waals surface area contributed by atoms with E-state index in [0.717, 1.165) is 12.1 Å². The highest BCUT2D eigenvalue weighted by atomic mass is 16.2. The second-order valence-electron chi connectivity index (χ2n) is 7.02. The summed E-state index contributed by atoms with van der Waals surface area (Å²) in [7, 11) is 0. The van der Waals surface area contributed by atoms with Crippen LogP contribution in [0.5, 0.6) is 0 Å². The summed E-state index contributed by atoms with van der Waals surface area (Å²) in [5, 5.41) is 3.02. The van der Waals surface area contributed by atoms with E-state index in [9.17, 15) is 9.59 Å². The van der Waals surface area contributed by atoms with Crippen molar-refractivity contribution in [3.63, 3.8) is 0 Å². The van der Waals surface area contributed by atoms with Gasteiger partial charge in [-0.25, -0.2) is 0 Å². The minimum Gasteiger partial charge on any atom is -0.356 e. The van der Waals surface area contributed by atoms with Crippen LogP contribution >= 0.6 is 0 Å². The lowest BCUT2D eigenvalue weighted by Crippen LogP contribution is -2.34. The van der Waals surface area contributed by atoms with Crippen molar-refractivity contribution in [1.29, 1.82) is 0 Å². The van der Waals surface area contributed by atoms with Crippen molar-refractivity contribution in [1.82, 2.24) is 5.32 Å². The van der Waals surface area contributed by atoms with Crippen molar-refractivity contribution in [2.24, 2.45) is 11.8 Å². The lowest BCUT2D eigenvalue weighted by molar-refractivity contribution is -0.126. The molecule has 2 amide bonds. The molecular weight excluding hydrogens is 312 g/mol. The summed E-state index contributed by atoms with van der Waals surface area (Å²) in [4.78, 5) is 26.8. The normalized spacial score (nSPS) is 22.0. The molecule has 134 valence electrons. The van der Waals surface area contributed by atoms with Crippen molar-refractivity contribution in [2.75, 3.05) is 18.0 Å².